The Morgan fingerprint density at radius 1 is 1.36 bits per heavy atom. The summed E-state index contributed by atoms with van der Waals surface area (Å²) in [5.41, 5.74) is 2.04. The summed E-state index contributed by atoms with van der Waals surface area (Å²) in [5, 5.41) is 3.86. The summed E-state index contributed by atoms with van der Waals surface area (Å²) < 4.78 is 2.03. The van der Waals surface area contributed by atoms with Crippen molar-refractivity contribution in [3.05, 3.63) is 35.2 Å². The number of carbonyl (C=O) groups is 1. The number of fused-ring (bicyclic) bond motifs is 1. The Kier molecular flexibility index (Phi) is 3.54. The number of nitrogens with zero attached hydrogens (tertiary/aromatic N) is 3. The van der Waals surface area contributed by atoms with Gasteiger partial charge in [-0.25, -0.2) is 4.98 Å². The number of halogens is 1. The number of amides is 1. The molecular formula is C16H19ClN4O. The minimum atomic E-state index is 0.248. The van der Waals surface area contributed by atoms with Crippen molar-refractivity contribution in [2.24, 2.45) is 5.92 Å². The van der Waals surface area contributed by atoms with Gasteiger partial charge in [-0.15, -0.1) is 0 Å². The third kappa shape index (κ3) is 2.59. The molecule has 0 spiro atoms. The Labute approximate surface area is 134 Å². The molecule has 3 heterocycles. The first-order valence-electron chi connectivity index (χ1n) is 7.83. The van der Waals surface area contributed by atoms with Gasteiger partial charge in [-0.3, -0.25) is 9.69 Å². The van der Waals surface area contributed by atoms with E-state index in [9.17, 15) is 4.79 Å². The monoisotopic (exact) mass is 318 g/mol. The van der Waals surface area contributed by atoms with Crippen LogP contribution in [0.4, 0.5) is 0 Å². The van der Waals surface area contributed by atoms with Gasteiger partial charge < -0.3 is 9.72 Å². The minimum absolute atomic E-state index is 0.248. The molecule has 1 aliphatic heterocycles. The average Bonchev–Trinajstić information content (AvgIpc) is 2.76. The SMILES string of the molecule is O=C(NC1CN(Cc2cnc3ccc(Cl)cn23)C1)C1CCC1. The lowest BCUT2D eigenvalue weighted by molar-refractivity contribution is -0.129. The van der Waals surface area contributed by atoms with Gasteiger partial charge in [0.05, 0.1) is 23.0 Å². The minimum Gasteiger partial charge on any atom is -0.351 e. The number of nitrogens with one attached hydrogen (secondary N) is 1. The van der Waals surface area contributed by atoms with Gasteiger partial charge in [0.15, 0.2) is 0 Å². The molecule has 0 atom stereocenters. The molecule has 1 saturated heterocycles. The number of pyridine rings is 1. The van der Waals surface area contributed by atoms with Crippen molar-refractivity contribution in [2.75, 3.05) is 13.1 Å². The second-order valence-corrected chi connectivity index (χ2v) is 6.79. The Hall–Kier alpha value is -1.59. The first-order valence-corrected chi connectivity index (χ1v) is 8.21. The fourth-order valence-electron chi connectivity index (χ4n) is 3.13. The fraction of sp³-hybridized carbons (Fsp3) is 0.500. The third-order valence-electron chi connectivity index (χ3n) is 4.71. The van der Waals surface area contributed by atoms with Gasteiger partial charge in [0.25, 0.3) is 0 Å². The first-order chi connectivity index (χ1) is 10.7. The van der Waals surface area contributed by atoms with E-state index in [2.05, 4.69) is 15.2 Å². The summed E-state index contributed by atoms with van der Waals surface area (Å²) >= 11 is 6.05. The Morgan fingerprint density at radius 2 is 2.18 bits per heavy atom. The molecule has 0 aromatic carbocycles. The van der Waals surface area contributed by atoms with Gasteiger partial charge in [0.1, 0.15) is 5.65 Å². The molecule has 2 fully saturated rings. The largest absolute Gasteiger partial charge is 0.351 e. The Balaban J connectivity index is 1.33. The van der Waals surface area contributed by atoms with Crippen LogP contribution in [-0.4, -0.2) is 39.3 Å². The summed E-state index contributed by atoms with van der Waals surface area (Å²) in [4.78, 5) is 18.6. The molecule has 116 valence electrons. The standard InChI is InChI=1S/C16H19ClN4O/c17-12-4-5-15-18-6-14(21(15)7-12)10-20-8-13(9-20)19-16(22)11-2-1-3-11/h4-7,11,13H,1-3,8-10H2,(H,19,22). The molecule has 1 N–H and O–H groups in total. The summed E-state index contributed by atoms with van der Waals surface area (Å²) in [6.45, 7) is 2.65. The number of aromatic nitrogens is 2. The highest BCUT2D eigenvalue weighted by atomic mass is 35.5. The van der Waals surface area contributed by atoms with Crippen molar-refractivity contribution in [1.29, 1.82) is 0 Å². The van der Waals surface area contributed by atoms with Crippen LogP contribution >= 0.6 is 11.6 Å². The van der Waals surface area contributed by atoms with E-state index in [1.165, 1.54) is 6.42 Å². The van der Waals surface area contributed by atoms with E-state index in [0.717, 1.165) is 43.8 Å². The van der Waals surface area contributed by atoms with Crippen molar-refractivity contribution in [3.8, 4) is 0 Å². The molecule has 1 aliphatic carbocycles. The maximum atomic E-state index is 11.9. The maximum absolute atomic E-state index is 11.9. The van der Waals surface area contributed by atoms with Crippen LogP contribution in [0.2, 0.25) is 5.02 Å². The molecular weight excluding hydrogens is 300 g/mol. The van der Waals surface area contributed by atoms with Gasteiger partial charge in [-0.1, -0.05) is 18.0 Å². The zero-order valence-corrected chi connectivity index (χ0v) is 13.1. The zero-order chi connectivity index (χ0) is 15.1. The van der Waals surface area contributed by atoms with E-state index in [1.807, 2.05) is 28.9 Å². The van der Waals surface area contributed by atoms with Gasteiger partial charge in [0, 0.05) is 31.7 Å². The number of hydrogen-bond donors (Lipinski definition) is 1. The molecule has 2 aromatic heterocycles. The third-order valence-corrected chi connectivity index (χ3v) is 4.93. The van der Waals surface area contributed by atoms with Crippen molar-refractivity contribution < 1.29 is 4.79 Å². The van der Waals surface area contributed by atoms with E-state index in [-0.39, 0.29) is 11.8 Å². The molecule has 1 saturated carbocycles. The number of likely N-dealkylation sites (tertiary alicyclic amines) is 1. The zero-order valence-electron chi connectivity index (χ0n) is 12.3. The van der Waals surface area contributed by atoms with Crippen LogP contribution in [0.15, 0.2) is 24.5 Å². The van der Waals surface area contributed by atoms with Crippen molar-refractivity contribution in [1.82, 2.24) is 19.6 Å². The van der Waals surface area contributed by atoms with Crippen LogP contribution in [0.1, 0.15) is 25.0 Å². The molecule has 2 aromatic rings. The van der Waals surface area contributed by atoms with E-state index in [0.29, 0.717) is 11.1 Å². The van der Waals surface area contributed by atoms with Crippen LogP contribution in [0, 0.1) is 5.92 Å². The van der Waals surface area contributed by atoms with Crippen LogP contribution in [0.5, 0.6) is 0 Å². The molecule has 22 heavy (non-hydrogen) atoms. The average molecular weight is 319 g/mol. The van der Waals surface area contributed by atoms with Crippen LogP contribution in [0.25, 0.3) is 5.65 Å². The number of hydrogen-bond acceptors (Lipinski definition) is 3. The van der Waals surface area contributed by atoms with Crippen LogP contribution < -0.4 is 5.32 Å². The number of carbonyl (C=O) groups excluding carboxylic acids is 1. The van der Waals surface area contributed by atoms with E-state index in [1.54, 1.807) is 0 Å². The molecule has 0 radical (unpaired) electrons. The second kappa shape index (κ2) is 5.56. The molecule has 1 amide bonds. The van der Waals surface area contributed by atoms with Crippen molar-refractivity contribution >= 4 is 23.2 Å². The summed E-state index contributed by atoms with van der Waals surface area (Å²) in [5.74, 6) is 0.521. The normalized spacial score (nSPS) is 19.9. The van der Waals surface area contributed by atoms with E-state index in [4.69, 9.17) is 11.6 Å². The highest BCUT2D eigenvalue weighted by Gasteiger charge is 2.32. The molecule has 0 unspecified atom stereocenters. The molecule has 4 rings (SSSR count). The highest BCUT2D eigenvalue weighted by molar-refractivity contribution is 6.30. The fourth-order valence-corrected chi connectivity index (χ4v) is 3.29. The molecule has 0 bridgehead atoms. The lowest BCUT2D eigenvalue weighted by atomic mass is 9.84. The van der Waals surface area contributed by atoms with Gasteiger partial charge in [-0.05, 0) is 25.0 Å². The lowest BCUT2D eigenvalue weighted by Crippen LogP contribution is -2.59. The molecule has 6 heteroatoms. The van der Waals surface area contributed by atoms with Crippen molar-refractivity contribution in [3.63, 3.8) is 0 Å². The molecule has 5 nitrogen and oxygen atoms in total. The molecule has 2 aliphatic rings. The van der Waals surface area contributed by atoms with E-state index >= 15 is 0 Å². The predicted molar refractivity (Wildman–Crippen MR) is 84.8 cm³/mol. The lowest BCUT2D eigenvalue weighted by Gasteiger charge is -2.40. The second-order valence-electron chi connectivity index (χ2n) is 6.35. The quantitative estimate of drug-likeness (QED) is 0.939. The van der Waals surface area contributed by atoms with Crippen molar-refractivity contribution in [2.45, 2.75) is 31.8 Å². The maximum Gasteiger partial charge on any atom is 0.223 e. The summed E-state index contributed by atoms with van der Waals surface area (Å²) in [6.07, 6.45) is 7.11. The summed E-state index contributed by atoms with van der Waals surface area (Å²) in [7, 11) is 0. The highest BCUT2D eigenvalue weighted by Crippen LogP contribution is 2.27. The summed E-state index contributed by atoms with van der Waals surface area (Å²) in [6, 6.07) is 4.07. The Bertz CT molecular complexity index is 703. The van der Waals surface area contributed by atoms with Gasteiger partial charge in [-0.2, -0.15) is 0 Å². The Morgan fingerprint density at radius 3 is 2.91 bits per heavy atom. The number of imidazole rings is 1. The first kappa shape index (κ1) is 14.0. The number of rotatable bonds is 4. The van der Waals surface area contributed by atoms with Crippen LogP contribution in [-0.2, 0) is 11.3 Å². The topological polar surface area (TPSA) is 49.6 Å². The van der Waals surface area contributed by atoms with Crippen LogP contribution in [0.3, 0.4) is 0 Å². The predicted octanol–water partition coefficient (Wildman–Crippen LogP) is 2.09. The smallest absolute Gasteiger partial charge is 0.223 e. The van der Waals surface area contributed by atoms with Gasteiger partial charge in [0.2, 0.25) is 5.91 Å². The van der Waals surface area contributed by atoms with E-state index < -0.39 is 0 Å². The van der Waals surface area contributed by atoms with Gasteiger partial charge >= 0.3 is 0 Å².